The molecule has 4 heterocycles. The van der Waals surface area contributed by atoms with E-state index in [1.54, 1.807) is 30.6 Å². The molecule has 0 aliphatic carbocycles. The number of anilines is 1. The third-order valence-electron chi connectivity index (χ3n) is 6.51. The number of aromatic nitrogens is 2. The van der Waals surface area contributed by atoms with Crippen molar-refractivity contribution in [1.29, 1.82) is 0 Å². The molecular formula is C25H18F2N4. The molecular weight excluding hydrogens is 394 g/mol. The fraction of sp³-hybridized carbons (Fsp3) is 0.200. The normalized spacial score (nSPS) is 20.0. The first kappa shape index (κ1) is 18.2. The summed E-state index contributed by atoms with van der Waals surface area (Å²) in [6.45, 7) is 1.89. The monoisotopic (exact) mass is 412 g/mol. The van der Waals surface area contributed by atoms with E-state index in [4.69, 9.17) is 6.42 Å². The van der Waals surface area contributed by atoms with Gasteiger partial charge in [-0.05, 0) is 30.5 Å². The molecule has 2 atom stereocenters. The Morgan fingerprint density at radius 1 is 1.13 bits per heavy atom. The Labute approximate surface area is 177 Å². The Morgan fingerprint density at radius 2 is 2.03 bits per heavy atom. The Kier molecular flexibility index (Phi) is 3.95. The second kappa shape index (κ2) is 6.73. The van der Waals surface area contributed by atoms with Crippen LogP contribution in [0.1, 0.15) is 12.0 Å². The van der Waals surface area contributed by atoms with Crippen molar-refractivity contribution >= 4 is 27.4 Å². The lowest BCUT2D eigenvalue weighted by Crippen LogP contribution is -2.61. The van der Waals surface area contributed by atoms with Crippen molar-refractivity contribution in [3.63, 3.8) is 0 Å². The Morgan fingerprint density at radius 3 is 2.87 bits per heavy atom. The van der Waals surface area contributed by atoms with Crippen molar-refractivity contribution < 1.29 is 8.78 Å². The molecule has 0 saturated carbocycles. The second-order valence-electron chi connectivity index (χ2n) is 8.05. The highest BCUT2D eigenvalue weighted by atomic mass is 19.1. The van der Waals surface area contributed by atoms with Crippen LogP contribution >= 0.6 is 0 Å². The predicted molar refractivity (Wildman–Crippen MR) is 118 cm³/mol. The lowest BCUT2D eigenvalue weighted by molar-refractivity contribution is 0.397. The molecule has 2 aromatic carbocycles. The van der Waals surface area contributed by atoms with Crippen molar-refractivity contribution in [2.75, 3.05) is 18.0 Å². The maximum Gasteiger partial charge on any atom is 0.175 e. The maximum atomic E-state index is 15.8. The average molecular weight is 412 g/mol. The van der Waals surface area contributed by atoms with E-state index in [0.29, 0.717) is 28.4 Å². The molecule has 0 bridgehead atoms. The van der Waals surface area contributed by atoms with E-state index in [-0.39, 0.29) is 16.8 Å². The summed E-state index contributed by atoms with van der Waals surface area (Å²) in [6, 6.07) is 11.1. The molecule has 4 aromatic rings. The van der Waals surface area contributed by atoms with E-state index in [1.165, 1.54) is 6.07 Å². The molecule has 2 saturated heterocycles. The number of hydrogen-bond acceptors (Lipinski definition) is 4. The summed E-state index contributed by atoms with van der Waals surface area (Å²) in [6.07, 6.45) is 9.95. The molecule has 2 aliphatic rings. The lowest BCUT2D eigenvalue weighted by Gasteiger charge is -2.46. The third kappa shape index (κ3) is 2.57. The molecule has 1 N–H and O–H groups in total. The quantitative estimate of drug-likeness (QED) is 0.500. The van der Waals surface area contributed by atoms with Crippen LogP contribution in [0.5, 0.6) is 0 Å². The van der Waals surface area contributed by atoms with Crippen LogP contribution in [-0.4, -0.2) is 35.1 Å². The first-order valence-corrected chi connectivity index (χ1v) is 10.3. The van der Waals surface area contributed by atoms with E-state index in [0.717, 1.165) is 30.6 Å². The van der Waals surface area contributed by atoms with Gasteiger partial charge in [0.1, 0.15) is 17.0 Å². The molecule has 2 aliphatic heterocycles. The van der Waals surface area contributed by atoms with Crippen LogP contribution < -0.4 is 10.2 Å². The van der Waals surface area contributed by atoms with Crippen LogP contribution in [0, 0.1) is 24.0 Å². The first-order valence-electron chi connectivity index (χ1n) is 10.3. The number of pyridine rings is 2. The molecule has 6 rings (SSSR count). The summed E-state index contributed by atoms with van der Waals surface area (Å²) in [7, 11) is 0. The Balaban J connectivity index is 1.55. The van der Waals surface area contributed by atoms with Crippen molar-refractivity contribution in [2.45, 2.75) is 18.5 Å². The number of fused-ring (bicyclic) bond motifs is 3. The fourth-order valence-corrected chi connectivity index (χ4v) is 4.99. The zero-order valence-corrected chi connectivity index (χ0v) is 16.6. The minimum Gasteiger partial charge on any atom is -0.365 e. The smallest absolute Gasteiger partial charge is 0.175 e. The highest BCUT2D eigenvalue weighted by molar-refractivity contribution is 6.02. The second-order valence-corrected chi connectivity index (χ2v) is 8.05. The largest absolute Gasteiger partial charge is 0.365 e. The van der Waals surface area contributed by atoms with Gasteiger partial charge in [0.05, 0.1) is 5.56 Å². The Hall–Kier alpha value is -3.56. The van der Waals surface area contributed by atoms with E-state index in [2.05, 4.69) is 26.1 Å². The topological polar surface area (TPSA) is 41.1 Å². The van der Waals surface area contributed by atoms with Gasteiger partial charge in [0.25, 0.3) is 0 Å². The van der Waals surface area contributed by atoms with Crippen molar-refractivity contribution in [3.05, 3.63) is 66.0 Å². The van der Waals surface area contributed by atoms with Gasteiger partial charge in [-0.25, -0.2) is 8.78 Å². The molecule has 0 amide bonds. The number of nitrogens with one attached hydrogen (secondary N) is 1. The molecule has 152 valence electrons. The minimum atomic E-state index is -0.527. The van der Waals surface area contributed by atoms with Crippen LogP contribution in [0.25, 0.3) is 32.9 Å². The van der Waals surface area contributed by atoms with Crippen molar-refractivity contribution in [1.82, 2.24) is 15.3 Å². The molecule has 31 heavy (non-hydrogen) atoms. The van der Waals surface area contributed by atoms with E-state index < -0.39 is 11.6 Å². The summed E-state index contributed by atoms with van der Waals surface area (Å²) in [5.74, 6) is 1.37. The van der Waals surface area contributed by atoms with Crippen LogP contribution in [-0.2, 0) is 0 Å². The van der Waals surface area contributed by atoms with Crippen LogP contribution in [0.4, 0.5) is 14.5 Å². The summed E-state index contributed by atoms with van der Waals surface area (Å²) >= 11 is 0. The van der Waals surface area contributed by atoms with Gasteiger partial charge in [-0.3, -0.25) is 9.97 Å². The zero-order valence-electron chi connectivity index (χ0n) is 16.6. The van der Waals surface area contributed by atoms with Crippen molar-refractivity contribution in [3.8, 4) is 23.6 Å². The van der Waals surface area contributed by atoms with Crippen LogP contribution in [0.3, 0.4) is 0 Å². The minimum absolute atomic E-state index is 0.108. The first-order chi connectivity index (χ1) is 15.2. The number of halogens is 2. The molecule has 0 unspecified atom stereocenters. The summed E-state index contributed by atoms with van der Waals surface area (Å²) in [5, 5.41) is 5.38. The van der Waals surface area contributed by atoms with Crippen molar-refractivity contribution in [2.24, 2.45) is 0 Å². The van der Waals surface area contributed by atoms with E-state index in [1.807, 2.05) is 12.1 Å². The number of nitrogens with zero attached hydrogens (tertiary/aromatic N) is 3. The van der Waals surface area contributed by atoms with Gasteiger partial charge in [0.15, 0.2) is 5.82 Å². The van der Waals surface area contributed by atoms with E-state index in [9.17, 15) is 4.39 Å². The molecule has 2 aromatic heterocycles. The number of rotatable bonds is 2. The van der Waals surface area contributed by atoms with Crippen LogP contribution in [0.2, 0.25) is 0 Å². The van der Waals surface area contributed by atoms with Gasteiger partial charge in [0.2, 0.25) is 0 Å². The van der Waals surface area contributed by atoms with Crippen LogP contribution in [0.15, 0.2) is 48.8 Å². The Bertz CT molecular complexity index is 1410. The van der Waals surface area contributed by atoms with Gasteiger partial charge >= 0.3 is 0 Å². The maximum absolute atomic E-state index is 15.8. The van der Waals surface area contributed by atoms with E-state index >= 15 is 4.39 Å². The zero-order chi connectivity index (χ0) is 21.1. The lowest BCUT2D eigenvalue weighted by atomic mass is 9.95. The van der Waals surface area contributed by atoms with Gasteiger partial charge < -0.3 is 10.2 Å². The number of terminal acetylenes is 1. The van der Waals surface area contributed by atoms with Gasteiger partial charge in [-0.2, -0.15) is 0 Å². The summed E-state index contributed by atoms with van der Waals surface area (Å²) in [4.78, 5) is 11.1. The molecule has 4 nitrogen and oxygen atoms in total. The highest BCUT2D eigenvalue weighted by Crippen LogP contribution is 2.39. The number of hydrogen-bond donors (Lipinski definition) is 1. The standard InChI is InChI=1S/C25H18F2N4/c1-2-15-18(26)7-6-14-4-3-5-16(22(14)15)24-23(27)25-17(12-30-24)20(8-11-29-25)31-13-19-21(31)9-10-28-19/h1,3-8,11-12,19,21,28H,9-10,13H2/t19-,21-/m1/s1. The predicted octanol–water partition coefficient (Wildman–Crippen LogP) is 4.26. The molecule has 0 radical (unpaired) electrons. The average Bonchev–Trinajstić information content (AvgIpc) is 3.14. The number of benzene rings is 2. The van der Waals surface area contributed by atoms with Gasteiger partial charge in [-0.1, -0.05) is 30.2 Å². The van der Waals surface area contributed by atoms with Gasteiger partial charge in [-0.15, -0.1) is 6.42 Å². The third-order valence-corrected chi connectivity index (χ3v) is 6.51. The summed E-state index contributed by atoms with van der Waals surface area (Å²) < 4.78 is 30.1. The summed E-state index contributed by atoms with van der Waals surface area (Å²) in [5.41, 5.74) is 1.89. The fourth-order valence-electron chi connectivity index (χ4n) is 4.99. The highest BCUT2D eigenvalue weighted by Gasteiger charge is 2.42. The van der Waals surface area contributed by atoms with Gasteiger partial charge in [0, 0.05) is 53.0 Å². The molecule has 2 fully saturated rings. The molecule has 6 heteroatoms. The SMILES string of the molecule is C#Cc1c(F)ccc2cccc(-c3ncc4c(N5C[C@H]6NCC[C@H]65)ccnc4c3F)c12. The molecule has 0 spiro atoms.